The number of carbonyl (C=O) groups is 1. The lowest BCUT2D eigenvalue weighted by Crippen LogP contribution is -2.26. The Bertz CT molecular complexity index is 624. The van der Waals surface area contributed by atoms with Gasteiger partial charge in [0, 0.05) is 37.5 Å². The third-order valence-electron chi connectivity index (χ3n) is 3.41. The van der Waals surface area contributed by atoms with Crippen LogP contribution in [-0.2, 0) is 11.3 Å². The minimum absolute atomic E-state index is 0.184. The van der Waals surface area contributed by atoms with E-state index in [9.17, 15) is 4.79 Å². The number of rotatable bonds is 7. The Kier molecular flexibility index (Phi) is 6.07. The summed E-state index contributed by atoms with van der Waals surface area (Å²) < 4.78 is 1.85. The third-order valence-corrected chi connectivity index (χ3v) is 4.31. The zero-order chi connectivity index (χ0) is 15.9. The molecule has 22 heavy (non-hydrogen) atoms. The predicted octanol–water partition coefficient (Wildman–Crippen LogP) is 3.28. The van der Waals surface area contributed by atoms with E-state index >= 15 is 0 Å². The molecule has 0 aliphatic rings. The third kappa shape index (κ3) is 4.63. The molecular weight excluding hydrogens is 294 g/mol. The lowest BCUT2D eigenvalue weighted by molar-refractivity contribution is -0.129. The number of thioether (sulfide) groups is 1. The van der Waals surface area contributed by atoms with E-state index in [-0.39, 0.29) is 5.91 Å². The van der Waals surface area contributed by atoms with Crippen LogP contribution in [0.1, 0.15) is 24.5 Å². The van der Waals surface area contributed by atoms with Gasteiger partial charge in [0.25, 0.3) is 0 Å². The molecule has 5 heteroatoms. The summed E-state index contributed by atoms with van der Waals surface area (Å²) in [7, 11) is 1.85. The van der Waals surface area contributed by atoms with Gasteiger partial charge in [0.1, 0.15) is 0 Å². The largest absolute Gasteiger partial charge is 0.341 e. The van der Waals surface area contributed by atoms with E-state index in [1.807, 2.05) is 36.3 Å². The quantitative estimate of drug-likeness (QED) is 0.736. The Morgan fingerprint density at radius 1 is 1.41 bits per heavy atom. The van der Waals surface area contributed by atoms with E-state index in [1.54, 1.807) is 16.7 Å². The average Bonchev–Trinajstić information content (AvgIpc) is 2.96. The Morgan fingerprint density at radius 3 is 2.95 bits per heavy atom. The molecule has 118 valence electrons. The average molecular weight is 317 g/mol. The zero-order valence-electron chi connectivity index (χ0n) is 13.5. The lowest BCUT2D eigenvalue weighted by atomic mass is 10.2. The molecule has 2 rings (SSSR count). The molecule has 0 fully saturated rings. The first kappa shape index (κ1) is 16.6. The molecule has 1 aromatic heterocycles. The van der Waals surface area contributed by atoms with E-state index in [2.05, 4.69) is 31.1 Å². The monoisotopic (exact) mass is 317 g/mol. The summed E-state index contributed by atoms with van der Waals surface area (Å²) in [4.78, 5) is 13.8. The molecular formula is C17H23N3OS. The van der Waals surface area contributed by atoms with Crippen LogP contribution in [0, 0.1) is 6.92 Å². The fourth-order valence-electron chi connectivity index (χ4n) is 2.21. The van der Waals surface area contributed by atoms with E-state index in [0.717, 1.165) is 22.8 Å². The van der Waals surface area contributed by atoms with Gasteiger partial charge in [-0.15, -0.1) is 0 Å². The van der Waals surface area contributed by atoms with E-state index in [1.165, 1.54) is 5.56 Å². The van der Waals surface area contributed by atoms with Crippen LogP contribution in [0.5, 0.6) is 0 Å². The number of hydrogen-bond acceptors (Lipinski definition) is 3. The number of hydrogen-bond donors (Lipinski definition) is 0. The van der Waals surface area contributed by atoms with Crippen molar-refractivity contribution in [3.05, 3.63) is 47.8 Å². The van der Waals surface area contributed by atoms with Crippen molar-refractivity contribution in [2.24, 2.45) is 0 Å². The van der Waals surface area contributed by atoms with E-state index in [4.69, 9.17) is 0 Å². The summed E-state index contributed by atoms with van der Waals surface area (Å²) in [6.45, 7) is 4.77. The van der Waals surface area contributed by atoms with Crippen LogP contribution in [0.3, 0.4) is 0 Å². The minimum atomic E-state index is 0.184. The summed E-state index contributed by atoms with van der Waals surface area (Å²) in [5.74, 6) is 2.13. The second kappa shape index (κ2) is 8.03. The van der Waals surface area contributed by atoms with Gasteiger partial charge < -0.3 is 4.90 Å². The van der Waals surface area contributed by atoms with Crippen molar-refractivity contribution in [1.82, 2.24) is 14.7 Å². The molecule has 2 aromatic rings. The second-order valence-corrected chi connectivity index (χ2v) is 6.72. The molecule has 0 saturated carbocycles. The van der Waals surface area contributed by atoms with E-state index in [0.29, 0.717) is 13.0 Å². The summed E-state index contributed by atoms with van der Waals surface area (Å²) in [6.07, 6.45) is 4.41. The highest BCUT2D eigenvalue weighted by molar-refractivity contribution is 7.99. The number of benzene rings is 1. The van der Waals surface area contributed by atoms with Crippen molar-refractivity contribution in [3.8, 4) is 5.69 Å². The summed E-state index contributed by atoms with van der Waals surface area (Å²) in [6, 6.07) is 8.20. The standard InChI is InChI=1S/C17H23N3OS/c1-4-22-9-8-17(21)19(3)12-15-11-18-20(13-15)16-7-5-6-14(2)10-16/h5-7,10-11,13H,4,8-9,12H2,1-3H3. The molecule has 0 N–H and O–H groups in total. The molecule has 0 bridgehead atoms. The molecule has 1 aromatic carbocycles. The Labute approximate surface area is 136 Å². The van der Waals surface area contributed by atoms with E-state index < -0.39 is 0 Å². The van der Waals surface area contributed by atoms with Crippen LogP contribution in [0.4, 0.5) is 0 Å². The van der Waals surface area contributed by atoms with Gasteiger partial charge in [-0.3, -0.25) is 4.79 Å². The topological polar surface area (TPSA) is 38.1 Å². The molecule has 1 amide bonds. The smallest absolute Gasteiger partial charge is 0.223 e. The number of amides is 1. The van der Waals surface area contributed by atoms with Gasteiger partial charge in [-0.2, -0.15) is 16.9 Å². The van der Waals surface area contributed by atoms with Gasteiger partial charge in [0.05, 0.1) is 11.9 Å². The molecule has 0 radical (unpaired) electrons. The van der Waals surface area contributed by atoms with Gasteiger partial charge in [-0.05, 0) is 30.4 Å². The fourth-order valence-corrected chi connectivity index (χ4v) is 2.82. The SMILES string of the molecule is CCSCCC(=O)N(C)Cc1cnn(-c2cccc(C)c2)c1. The Hall–Kier alpha value is -1.75. The number of aryl methyl sites for hydroxylation is 1. The first-order valence-corrected chi connectivity index (χ1v) is 8.68. The van der Waals surface area contributed by atoms with Crippen molar-refractivity contribution in [2.45, 2.75) is 26.8 Å². The molecule has 0 spiro atoms. The van der Waals surface area contributed by atoms with Crippen LogP contribution in [0.15, 0.2) is 36.7 Å². The van der Waals surface area contributed by atoms with Crippen LogP contribution in [-0.4, -0.2) is 39.1 Å². The summed E-state index contributed by atoms with van der Waals surface area (Å²) >= 11 is 1.80. The van der Waals surface area contributed by atoms with Gasteiger partial charge in [-0.1, -0.05) is 19.1 Å². The number of nitrogens with zero attached hydrogens (tertiary/aromatic N) is 3. The molecule has 1 heterocycles. The minimum Gasteiger partial charge on any atom is -0.341 e. The fraction of sp³-hybridized carbons (Fsp3) is 0.412. The number of carbonyl (C=O) groups excluding carboxylic acids is 1. The van der Waals surface area contributed by atoms with Crippen LogP contribution < -0.4 is 0 Å². The Balaban J connectivity index is 1.95. The molecule has 0 saturated heterocycles. The van der Waals surface area contributed by atoms with Crippen LogP contribution in [0.2, 0.25) is 0 Å². The molecule has 0 unspecified atom stereocenters. The molecule has 0 aliphatic carbocycles. The van der Waals surface area contributed by atoms with Crippen molar-refractivity contribution in [3.63, 3.8) is 0 Å². The predicted molar refractivity (Wildman–Crippen MR) is 92.4 cm³/mol. The van der Waals surface area contributed by atoms with Crippen molar-refractivity contribution in [1.29, 1.82) is 0 Å². The van der Waals surface area contributed by atoms with Gasteiger partial charge in [-0.25, -0.2) is 4.68 Å². The van der Waals surface area contributed by atoms with Crippen molar-refractivity contribution < 1.29 is 4.79 Å². The van der Waals surface area contributed by atoms with Crippen molar-refractivity contribution >= 4 is 17.7 Å². The van der Waals surface area contributed by atoms with Gasteiger partial charge in [0.2, 0.25) is 5.91 Å². The highest BCUT2D eigenvalue weighted by Crippen LogP contribution is 2.12. The number of aromatic nitrogens is 2. The Morgan fingerprint density at radius 2 is 2.23 bits per heavy atom. The first-order valence-electron chi connectivity index (χ1n) is 7.52. The second-order valence-electron chi connectivity index (χ2n) is 5.33. The maximum Gasteiger partial charge on any atom is 0.223 e. The normalized spacial score (nSPS) is 10.7. The van der Waals surface area contributed by atoms with Gasteiger partial charge >= 0.3 is 0 Å². The summed E-state index contributed by atoms with van der Waals surface area (Å²) in [5, 5.41) is 4.39. The highest BCUT2D eigenvalue weighted by Gasteiger charge is 2.10. The molecule has 4 nitrogen and oxygen atoms in total. The summed E-state index contributed by atoms with van der Waals surface area (Å²) in [5.41, 5.74) is 3.29. The highest BCUT2D eigenvalue weighted by atomic mass is 32.2. The van der Waals surface area contributed by atoms with Crippen LogP contribution in [0.25, 0.3) is 5.69 Å². The first-order chi connectivity index (χ1) is 10.6. The van der Waals surface area contributed by atoms with Crippen molar-refractivity contribution in [2.75, 3.05) is 18.6 Å². The lowest BCUT2D eigenvalue weighted by Gasteiger charge is -2.15. The van der Waals surface area contributed by atoms with Gasteiger partial charge in [0.15, 0.2) is 0 Å². The maximum atomic E-state index is 12.0. The molecule has 0 aliphatic heterocycles. The maximum absolute atomic E-state index is 12.0. The molecule has 0 atom stereocenters. The zero-order valence-corrected chi connectivity index (χ0v) is 14.3. The van der Waals surface area contributed by atoms with Crippen LogP contribution >= 0.6 is 11.8 Å².